The number of halogens is 1. The Kier molecular flexibility index (Phi) is 7.27. The van der Waals surface area contributed by atoms with Crippen molar-refractivity contribution in [3.63, 3.8) is 0 Å². The van der Waals surface area contributed by atoms with E-state index in [4.69, 9.17) is 11.6 Å². The number of benzene rings is 2. The maximum atomic E-state index is 14.1. The van der Waals surface area contributed by atoms with E-state index in [-0.39, 0.29) is 35.5 Å². The van der Waals surface area contributed by atoms with E-state index in [2.05, 4.69) is 17.6 Å². The Morgan fingerprint density at radius 2 is 1.86 bits per heavy atom. The van der Waals surface area contributed by atoms with Gasteiger partial charge < -0.3 is 20.6 Å². The van der Waals surface area contributed by atoms with Gasteiger partial charge in [0.2, 0.25) is 17.7 Å². The minimum Gasteiger partial charge on any atom is -0.394 e. The van der Waals surface area contributed by atoms with Gasteiger partial charge >= 0.3 is 0 Å². The van der Waals surface area contributed by atoms with E-state index >= 15 is 0 Å². The molecule has 196 valence electrons. The highest BCUT2D eigenvalue weighted by atomic mass is 35.5. The number of rotatable bonds is 8. The van der Waals surface area contributed by atoms with E-state index in [1.807, 2.05) is 37.3 Å². The molecule has 0 saturated carbocycles. The zero-order valence-electron chi connectivity index (χ0n) is 20.9. The summed E-state index contributed by atoms with van der Waals surface area (Å²) < 4.78 is -0.740. The molecule has 7 nitrogen and oxygen atoms in total. The Labute approximate surface area is 226 Å². The number of hydrogen-bond donors (Lipinski definition) is 3. The molecular weight excluding hydrogens is 510 g/mol. The Balaban J connectivity index is 1.48. The van der Waals surface area contributed by atoms with Gasteiger partial charge in [-0.05, 0) is 48.6 Å². The van der Waals surface area contributed by atoms with Gasteiger partial charge in [-0.2, -0.15) is 0 Å². The van der Waals surface area contributed by atoms with Crippen molar-refractivity contribution < 1.29 is 19.5 Å². The van der Waals surface area contributed by atoms with Gasteiger partial charge in [-0.3, -0.25) is 14.4 Å². The molecule has 3 fully saturated rings. The molecule has 3 heterocycles. The van der Waals surface area contributed by atoms with Crippen molar-refractivity contribution in [3.05, 3.63) is 65.2 Å². The molecule has 1 spiro atoms. The molecule has 2 aromatic carbocycles. The van der Waals surface area contributed by atoms with Gasteiger partial charge in [0, 0.05) is 22.5 Å². The maximum absolute atomic E-state index is 14.1. The average Bonchev–Trinajstić information content (AvgIpc) is 3.49. The van der Waals surface area contributed by atoms with E-state index < -0.39 is 28.7 Å². The molecule has 3 aliphatic rings. The summed E-state index contributed by atoms with van der Waals surface area (Å²) in [4.78, 5) is 43.2. The van der Waals surface area contributed by atoms with Crippen LogP contribution in [0.25, 0.3) is 0 Å². The summed E-state index contributed by atoms with van der Waals surface area (Å²) in [5, 5.41) is 16.7. The van der Waals surface area contributed by atoms with Crippen molar-refractivity contribution in [1.29, 1.82) is 0 Å². The van der Waals surface area contributed by atoms with E-state index in [9.17, 15) is 19.5 Å². The first-order valence-electron chi connectivity index (χ1n) is 12.8. The fourth-order valence-electron chi connectivity index (χ4n) is 6.51. The molecule has 2 bridgehead atoms. The van der Waals surface area contributed by atoms with Gasteiger partial charge in [-0.25, -0.2) is 0 Å². The number of amides is 3. The third-order valence-electron chi connectivity index (χ3n) is 8.23. The van der Waals surface area contributed by atoms with Crippen LogP contribution in [0.15, 0.2) is 54.6 Å². The molecule has 3 N–H and O–H groups in total. The zero-order valence-corrected chi connectivity index (χ0v) is 22.5. The lowest BCUT2D eigenvalue weighted by molar-refractivity contribution is -0.142. The van der Waals surface area contributed by atoms with Crippen LogP contribution in [-0.4, -0.2) is 56.4 Å². The second-order valence-corrected chi connectivity index (χ2v) is 12.2. The highest BCUT2D eigenvalue weighted by Crippen LogP contribution is 2.68. The van der Waals surface area contributed by atoms with Crippen molar-refractivity contribution in [3.8, 4) is 0 Å². The van der Waals surface area contributed by atoms with Gasteiger partial charge in [-0.15, -0.1) is 11.8 Å². The molecule has 0 aliphatic carbocycles. The van der Waals surface area contributed by atoms with E-state index in [0.29, 0.717) is 23.7 Å². The van der Waals surface area contributed by atoms with E-state index in [0.717, 1.165) is 12.0 Å². The van der Waals surface area contributed by atoms with Gasteiger partial charge in [0.15, 0.2) is 0 Å². The third kappa shape index (κ3) is 4.33. The first-order valence-corrected chi connectivity index (χ1v) is 14.1. The first kappa shape index (κ1) is 26.1. The van der Waals surface area contributed by atoms with Crippen LogP contribution in [0.5, 0.6) is 0 Å². The topological polar surface area (TPSA) is 98.7 Å². The number of hydrogen-bond acceptors (Lipinski definition) is 5. The number of fused-ring (bicyclic) bond motifs is 1. The Morgan fingerprint density at radius 3 is 2.51 bits per heavy atom. The largest absolute Gasteiger partial charge is 0.394 e. The van der Waals surface area contributed by atoms with Crippen LogP contribution in [0.3, 0.4) is 0 Å². The van der Waals surface area contributed by atoms with Crippen LogP contribution >= 0.6 is 23.4 Å². The van der Waals surface area contributed by atoms with Crippen molar-refractivity contribution in [1.82, 2.24) is 10.2 Å². The first-order chi connectivity index (χ1) is 17.8. The molecule has 0 aromatic heterocycles. The lowest BCUT2D eigenvalue weighted by Gasteiger charge is -2.40. The number of likely N-dealkylation sites (tertiary alicyclic amines) is 1. The number of carbonyl (C=O) groups excluding carboxylic acids is 3. The molecule has 2 aromatic rings. The van der Waals surface area contributed by atoms with Crippen molar-refractivity contribution in [2.45, 2.75) is 55.3 Å². The summed E-state index contributed by atoms with van der Waals surface area (Å²) in [7, 11) is 0. The van der Waals surface area contributed by atoms with Crippen LogP contribution in [0.4, 0.5) is 5.69 Å². The number of nitrogens with one attached hydrogen (secondary N) is 2. The fourth-order valence-corrected chi connectivity index (χ4v) is 9.05. The quantitative estimate of drug-likeness (QED) is 0.473. The van der Waals surface area contributed by atoms with Crippen molar-refractivity contribution >= 4 is 46.8 Å². The number of carbonyl (C=O) groups is 3. The predicted octanol–water partition coefficient (Wildman–Crippen LogP) is 3.70. The average molecular weight is 542 g/mol. The smallest absolute Gasteiger partial charge is 0.248 e. The monoisotopic (exact) mass is 541 g/mol. The summed E-state index contributed by atoms with van der Waals surface area (Å²) in [5.74, 6) is -1.75. The van der Waals surface area contributed by atoms with Crippen molar-refractivity contribution in [2.24, 2.45) is 17.8 Å². The van der Waals surface area contributed by atoms with Gasteiger partial charge in [0.1, 0.15) is 6.04 Å². The third-order valence-corrected chi connectivity index (χ3v) is 10.6. The predicted molar refractivity (Wildman–Crippen MR) is 145 cm³/mol. The molecule has 9 heteroatoms. The summed E-state index contributed by atoms with van der Waals surface area (Å²) >= 11 is 7.64. The molecule has 5 rings (SSSR count). The molecule has 3 unspecified atom stereocenters. The normalized spacial score (nSPS) is 30.8. The zero-order chi connectivity index (χ0) is 26.3. The number of thioether (sulfide) groups is 1. The number of aliphatic hydroxyl groups is 1. The number of anilines is 1. The standard InChI is InChI=1S/C28H32ClN3O4S/c1-3-20(15-33)32-24(26(35)31-19-11-9-18(29)10-12-19)28-16(2)13-21(37-28)22(23(28)27(32)36)25(34)30-14-17-7-5-4-6-8-17/h4-12,16,20-24,33H,3,13-15H2,1-2H3,(H,30,34)(H,31,35)/t16?,20-,21-,22+,23-,24?,28?/m0/s1. The summed E-state index contributed by atoms with van der Waals surface area (Å²) in [5.41, 5.74) is 1.57. The number of nitrogens with zero attached hydrogens (tertiary/aromatic N) is 1. The van der Waals surface area contributed by atoms with Crippen LogP contribution in [0.2, 0.25) is 5.02 Å². The Morgan fingerprint density at radius 1 is 1.16 bits per heavy atom. The van der Waals surface area contributed by atoms with Gasteiger partial charge in [0.25, 0.3) is 0 Å². The summed E-state index contributed by atoms with van der Waals surface area (Å²) in [6.07, 6.45) is 1.26. The Hall–Kier alpha value is -2.55. The number of aliphatic hydroxyl groups excluding tert-OH is 1. The molecule has 3 amide bonds. The van der Waals surface area contributed by atoms with Crippen LogP contribution in [0.1, 0.15) is 32.3 Å². The molecule has 0 radical (unpaired) electrons. The van der Waals surface area contributed by atoms with Crippen molar-refractivity contribution in [2.75, 3.05) is 11.9 Å². The molecule has 7 atom stereocenters. The molecular formula is C28H32ClN3O4S. The lowest BCUT2D eigenvalue weighted by Crippen LogP contribution is -2.57. The molecule has 3 aliphatic heterocycles. The van der Waals surface area contributed by atoms with E-state index in [1.54, 1.807) is 40.9 Å². The van der Waals surface area contributed by atoms with Crippen LogP contribution in [-0.2, 0) is 20.9 Å². The highest BCUT2D eigenvalue weighted by molar-refractivity contribution is 8.02. The summed E-state index contributed by atoms with van der Waals surface area (Å²) in [6.45, 7) is 4.11. The highest BCUT2D eigenvalue weighted by Gasteiger charge is 2.76. The SMILES string of the molecule is CC[C@@H](CO)N1C(=O)[C@@H]2[C@H](C(=O)NCc3ccccc3)[C@@H]3CC(C)C2(S3)C1C(=O)Nc1ccc(Cl)cc1. The molecule has 37 heavy (non-hydrogen) atoms. The Bertz CT molecular complexity index is 1180. The van der Waals surface area contributed by atoms with Gasteiger partial charge in [0.05, 0.1) is 29.2 Å². The second-order valence-electron chi connectivity index (χ2n) is 10.2. The minimum atomic E-state index is -0.797. The van der Waals surface area contributed by atoms with Gasteiger partial charge in [-0.1, -0.05) is 55.8 Å². The lowest BCUT2D eigenvalue weighted by atomic mass is 9.66. The second kappa shape index (κ2) is 10.3. The molecule has 3 saturated heterocycles. The van der Waals surface area contributed by atoms with Crippen LogP contribution in [0, 0.1) is 17.8 Å². The minimum absolute atomic E-state index is 0.0399. The van der Waals surface area contributed by atoms with E-state index in [1.165, 1.54) is 0 Å². The van der Waals surface area contributed by atoms with Crippen LogP contribution < -0.4 is 10.6 Å². The maximum Gasteiger partial charge on any atom is 0.248 e. The fraction of sp³-hybridized carbons (Fsp3) is 0.464. The summed E-state index contributed by atoms with van der Waals surface area (Å²) in [6, 6.07) is 15.2.